The number of ether oxygens (including phenoxy) is 1. The van der Waals surface area contributed by atoms with Crippen LogP contribution in [0.3, 0.4) is 0 Å². The molecule has 3 unspecified atom stereocenters. The van der Waals surface area contributed by atoms with Crippen LogP contribution in [-0.2, 0) is 0 Å². The fraction of sp³-hybridized carbons (Fsp3) is 0.462. The number of allylic oxidation sites excluding steroid dienone is 2. The fourth-order valence-corrected chi connectivity index (χ4v) is 5.25. The topological polar surface area (TPSA) is 29.5 Å². The highest BCUT2D eigenvalue weighted by molar-refractivity contribution is 5.54. The van der Waals surface area contributed by atoms with Crippen LogP contribution in [0.25, 0.3) is 0 Å². The number of phenols is 1. The molecule has 28 heavy (non-hydrogen) atoms. The molecule has 2 heteroatoms. The van der Waals surface area contributed by atoms with Gasteiger partial charge in [0, 0.05) is 23.3 Å². The molecule has 0 amide bonds. The van der Waals surface area contributed by atoms with Gasteiger partial charge in [-0.25, -0.2) is 0 Å². The van der Waals surface area contributed by atoms with Gasteiger partial charge in [0.25, 0.3) is 0 Å². The number of hydrogen-bond donors (Lipinski definition) is 1. The lowest BCUT2D eigenvalue weighted by Crippen LogP contribution is -2.45. The summed E-state index contributed by atoms with van der Waals surface area (Å²) in [4.78, 5) is 0. The maximum atomic E-state index is 11.1. The van der Waals surface area contributed by atoms with Crippen LogP contribution in [0.2, 0.25) is 0 Å². The average molecular weight is 377 g/mol. The molecule has 0 radical (unpaired) electrons. The number of aryl methyl sites for hydroxylation is 1. The predicted octanol–water partition coefficient (Wildman–Crippen LogP) is 6.85. The maximum Gasteiger partial charge on any atom is 0.127 e. The summed E-state index contributed by atoms with van der Waals surface area (Å²) in [7, 11) is 0. The van der Waals surface area contributed by atoms with E-state index in [4.69, 9.17) is 4.74 Å². The van der Waals surface area contributed by atoms with E-state index >= 15 is 0 Å². The first-order chi connectivity index (χ1) is 13.3. The third-order valence-electron chi connectivity index (χ3n) is 6.82. The summed E-state index contributed by atoms with van der Waals surface area (Å²) in [5.74, 6) is 2.27. The largest absolute Gasteiger partial charge is 0.508 e. The molecular formula is C26H32O2. The van der Waals surface area contributed by atoms with E-state index in [1.807, 2.05) is 6.07 Å². The van der Waals surface area contributed by atoms with E-state index in [9.17, 15) is 5.11 Å². The number of hydrogen-bond acceptors (Lipinski definition) is 2. The molecule has 0 spiro atoms. The summed E-state index contributed by atoms with van der Waals surface area (Å²) in [6, 6.07) is 12.9. The van der Waals surface area contributed by atoms with Gasteiger partial charge in [-0.05, 0) is 70.2 Å². The molecule has 0 saturated heterocycles. The molecule has 0 aromatic heterocycles. The van der Waals surface area contributed by atoms with E-state index in [-0.39, 0.29) is 11.5 Å². The smallest absolute Gasteiger partial charge is 0.127 e. The van der Waals surface area contributed by atoms with Crippen LogP contribution in [0, 0.1) is 12.8 Å². The molecule has 3 atom stereocenters. The van der Waals surface area contributed by atoms with E-state index in [0.717, 1.165) is 36.1 Å². The Hall–Kier alpha value is -2.22. The SMILES string of the molecule is CCC(c1ccc(C)cc1)c1cc(O)c2c(c1)OC(C)(C)C1CC=C(C)CC21. The molecule has 148 valence electrons. The van der Waals surface area contributed by atoms with Crippen molar-refractivity contribution in [2.45, 2.75) is 71.3 Å². The number of fused-ring (bicyclic) bond motifs is 3. The molecule has 0 saturated carbocycles. The van der Waals surface area contributed by atoms with Gasteiger partial charge in [-0.3, -0.25) is 0 Å². The maximum absolute atomic E-state index is 11.1. The zero-order valence-electron chi connectivity index (χ0n) is 17.8. The van der Waals surface area contributed by atoms with Crippen LogP contribution in [0.15, 0.2) is 48.0 Å². The first-order valence-corrected chi connectivity index (χ1v) is 10.6. The summed E-state index contributed by atoms with van der Waals surface area (Å²) in [6.45, 7) is 10.9. The molecule has 0 bridgehead atoms. The van der Waals surface area contributed by atoms with Gasteiger partial charge >= 0.3 is 0 Å². The quantitative estimate of drug-likeness (QED) is 0.593. The van der Waals surface area contributed by atoms with E-state index in [1.54, 1.807) is 0 Å². The molecular weight excluding hydrogens is 344 g/mol. The molecule has 2 nitrogen and oxygen atoms in total. The summed E-state index contributed by atoms with van der Waals surface area (Å²) in [6.07, 6.45) is 5.35. The third kappa shape index (κ3) is 3.23. The van der Waals surface area contributed by atoms with Gasteiger partial charge in [0.15, 0.2) is 0 Å². The highest BCUT2D eigenvalue weighted by atomic mass is 16.5. The summed E-state index contributed by atoms with van der Waals surface area (Å²) in [5, 5.41) is 11.1. The Morgan fingerprint density at radius 3 is 2.50 bits per heavy atom. The number of phenolic OH excluding ortho intramolecular Hbond substituents is 1. The van der Waals surface area contributed by atoms with Crippen molar-refractivity contribution in [1.82, 2.24) is 0 Å². The Bertz CT molecular complexity index is 905. The van der Waals surface area contributed by atoms with Crippen molar-refractivity contribution in [1.29, 1.82) is 0 Å². The minimum Gasteiger partial charge on any atom is -0.508 e. The molecule has 1 aliphatic carbocycles. The van der Waals surface area contributed by atoms with Crippen LogP contribution in [0.5, 0.6) is 11.5 Å². The zero-order valence-corrected chi connectivity index (χ0v) is 17.8. The van der Waals surface area contributed by atoms with Gasteiger partial charge in [-0.2, -0.15) is 0 Å². The summed E-state index contributed by atoms with van der Waals surface area (Å²) in [5.41, 5.74) is 5.89. The van der Waals surface area contributed by atoms with Crippen LogP contribution in [0.1, 0.15) is 81.0 Å². The zero-order chi connectivity index (χ0) is 20.1. The Morgan fingerprint density at radius 1 is 1.11 bits per heavy atom. The van der Waals surface area contributed by atoms with Crippen molar-refractivity contribution < 1.29 is 9.84 Å². The molecule has 1 heterocycles. The Morgan fingerprint density at radius 2 is 1.82 bits per heavy atom. The summed E-state index contributed by atoms with van der Waals surface area (Å²) < 4.78 is 6.51. The normalized spacial score (nSPS) is 23.8. The Labute approximate surface area is 169 Å². The van der Waals surface area contributed by atoms with Crippen LogP contribution in [0.4, 0.5) is 0 Å². The number of rotatable bonds is 3. The second-order valence-electron chi connectivity index (χ2n) is 9.23. The van der Waals surface area contributed by atoms with Gasteiger partial charge in [0.05, 0.1) is 0 Å². The Balaban J connectivity index is 1.79. The van der Waals surface area contributed by atoms with Gasteiger partial charge in [-0.15, -0.1) is 0 Å². The highest BCUT2D eigenvalue weighted by Crippen LogP contribution is 2.54. The van der Waals surface area contributed by atoms with E-state index in [2.05, 4.69) is 71.0 Å². The molecule has 2 aromatic rings. The first-order valence-electron chi connectivity index (χ1n) is 10.6. The van der Waals surface area contributed by atoms with Crippen molar-refractivity contribution in [2.75, 3.05) is 0 Å². The van der Waals surface area contributed by atoms with Gasteiger partial charge in [0.2, 0.25) is 0 Å². The number of benzene rings is 2. The van der Waals surface area contributed by atoms with Crippen LogP contribution >= 0.6 is 0 Å². The minimum absolute atomic E-state index is 0.231. The molecule has 4 rings (SSSR count). The third-order valence-corrected chi connectivity index (χ3v) is 6.82. The first kappa shape index (κ1) is 19.1. The number of aromatic hydroxyl groups is 1. The van der Waals surface area contributed by atoms with Crippen molar-refractivity contribution in [3.8, 4) is 11.5 Å². The second-order valence-corrected chi connectivity index (χ2v) is 9.23. The lowest BCUT2D eigenvalue weighted by molar-refractivity contribution is 0.00751. The second kappa shape index (κ2) is 6.99. The fourth-order valence-electron chi connectivity index (χ4n) is 5.25. The molecule has 0 fully saturated rings. The van der Waals surface area contributed by atoms with Crippen molar-refractivity contribution >= 4 is 0 Å². The summed E-state index contributed by atoms with van der Waals surface area (Å²) >= 11 is 0. The van der Waals surface area contributed by atoms with Crippen molar-refractivity contribution in [3.05, 3.63) is 70.3 Å². The van der Waals surface area contributed by atoms with Crippen molar-refractivity contribution in [2.24, 2.45) is 5.92 Å². The van der Waals surface area contributed by atoms with Gasteiger partial charge < -0.3 is 9.84 Å². The van der Waals surface area contributed by atoms with E-state index < -0.39 is 0 Å². The average Bonchev–Trinajstić information content (AvgIpc) is 2.62. The van der Waals surface area contributed by atoms with Gasteiger partial charge in [0.1, 0.15) is 17.1 Å². The van der Waals surface area contributed by atoms with Crippen LogP contribution < -0.4 is 4.74 Å². The molecule has 1 aliphatic heterocycles. The van der Waals surface area contributed by atoms with Gasteiger partial charge in [-0.1, -0.05) is 48.4 Å². The monoisotopic (exact) mass is 376 g/mol. The Kier molecular flexibility index (Phi) is 4.77. The van der Waals surface area contributed by atoms with Crippen molar-refractivity contribution in [3.63, 3.8) is 0 Å². The standard InChI is InChI=1S/C26H32O2/c1-6-20(18-10-7-16(2)8-11-18)19-14-23(27)25-21-13-17(3)9-12-22(21)26(4,5)28-24(25)15-19/h7-11,14-15,20-22,27H,6,12-13H2,1-5H3. The minimum atomic E-state index is -0.231. The van der Waals surface area contributed by atoms with E-state index in [1.165, 1.54) is 16.7 Å². The predicted molar refractivity (Wildman–Crippen MR) is 115 cm³/mol. The van der Waals surface area contributed by atoms with Crippen LogP contribution in [-0.4, -0.2) is 10.7 Å². The molecule has 1 N–H and O–H groups in total. The van der Waals surface area contributed by atoms with E-state index in [0.29, 0.717) is 17.6 Å². The molecule has 2 aromatic carbocycles. The molecule has 2 aliphatic rings. The lowest BCUT2D eigenvalue weighted by Gasteiger charge is -2.47. The lowest BCUT2D eigenvalue weighted by atomic mass is 9.67. The highest BCUT2D eigenvalue weighted by Gasteiger charge is 2.45.